The minimum Gasteiger partial charge on any atom is -0.352 e. The molecule has 3 heterocycles. The van der Waals surface area contributed by atoms with Crippen molar-refractivity contribution < 1.29 is 4.79 Å². The third kappa shape index (κ3) is 3.86. The number of carbonyl (C=O) groups excluding carboxylic acids is 1. The van der Waals surface area contributed by atoms with Crippen LogP contribution < -0.4 is 10.2 Å². The fourth-order valence-electron chi connectivity index (χ4n) is 3.96. The van der Waals surface area contributed by atoms with E-state index in [0.717, 1.165) is 55.9 Å². The number of carbonyl (C=O) groups is 1. The molecule has 1 saturated heterocycles. The number of nitrogens with one attached hydrogen (secondary N) is 1. The lowest BCUT2D eigenvalue weighted by atomic mass is 9.97. The average Bonchev–Trinajstić information content (AvgIpc) is 3.12. The van der Waals surface area contributed by atoms with Gasteiger partial charge in [-0.25, -0.2) is 4.98 Å². The second kappa shape index (κ2) is 8.42. The molecule has 0 bridgehead atoms. The van der Waals surface area contributed by atoms with Crippen molar-refractivity contribution in [3.63, 3.8) is 0 Å². The Morgan fingerprint density at radius 3 is 2.86 bits per heavy atom. The van der Waals surface area contributed by atoms with E-state index in [-0.39, 0.29) is 11.8 Å². The van der Waals surface area contributed by atoms with E-state index in [4.69, 9.17) is 4.98 Å². The molecular formula is C22H27N5O. The largest absolute Gasteiger partial charge is 0.352 e. The molecule has 6 nitrogen and oxygen atoms in total. The zero-order valence-electron chi connectivity index (χ0n) is 16.3. The number of amides is 1. The van der Waals surface area contributed by atoms with Crippen LogP contribution >= 0.6 is 0 Å². The third-order valence-electron chi connectivity index (χ3n) is 5.37. The average molecular weight is 377 g/mol. The number of nitrogens with zero attached hydrogens (tertiary/aromatic N) is 4. The number of para-hydroxylation sites is 2. The van der Waals surface area contributed by atoms with E-state index in [2.05, 4.69) is 44.9 Å². The summed E-state index contributed by atoms with van der Waals surface area (Å²) in [4.78, 5) is 23.9. The molecule has 146 valence electrons. The number of rotatable bonds is 6. The zero-order valence-corrected chi connectivity index (χ0v) is 16.3. The first-order chi connectivity index (χ1) is 13.8. The Balaban J connectivity index is 1.48. The summed E-state index contributed by atoms with van der Waals surface area (Å²) in [6, 6.07) is 12.1. The molecule has 3 aromatic rings. The predicted molar refractivity (Wildman–Crippen MR) is 111 cm³/mol. The van der Waals surface area contributed by atoms with Crippen molar-refractivity contribution >= 4 is 22.9 Å². The van der Waals surface area contributed by atoms with Crippen LogP contribution in [0.2, 0.25) is 0 Å². The first-order valence-electron chi connectivity index (χ1n) is 10.1. The summed E-state index contributed by atoms with van der Waals surface area (Å²) in [5, 5.41) is 3.09. The van der Waals surface area contributed by atoms with Gasteiger partial charge in [-0.1, -0.05) is 19.1 Å². The molecular weight excluding hydrogens is 350 g/mol. The Hall–Kier alpha value is -2.89. The number of aryl methyl sites for hydroxylation is 1. The molecule has 4 rings (SSSR count). The molecule has 6 heteroatoms. The monoisotopic (exact) mass is 377 g/mol. The number of aromatic nitrogens is 3. The third-order valence-corrected chi connectivity index (χ3v) is 5.37. The molecule has 0 radical (unpaired) electrons. The van der Waals surface area contributed by atoms with Crippen LogP contribution in [0.25, 0.3) is 11.0 Å². The highest BCUT2D eigenvalue weighted by atomic mass is 16.1. The molecule has 1 aliphatic heterocycles. The minimum absolute atomic E-state index is 0.00882. The highest BCUT2D eigenvalue weighted by Gasteiger charge is 2.28. The highest BCUT2D eigenvalue weighted by Crippen LogP contribution is 2.27. The maximum absolute atomic E-state index is 12.8. The topological polar surface area (TPSA) is 63.1 Å². The SMILES string of the molecule is CCCn1c(N2CCC[C@@H](C(=O)NCc3ccncc3)C2)nc2ccccc21. The van der Waals surface area contributed by atoms with Gasteiger partial charge >= 0.3 is 0 Å². The van der Waals surface area contributed by atoms with Crippen molar-refractivity contribution in [3.05, 3.63) is 54.4 Å². The second-order valence-electron chi connectivity index (χ2n) is 7.41. The molecule has 1 aliphatic rings. The van der Waals surface area contributed by atoms with Crippen LogP contribution in [0.5, 0.6) is 0 Å². The molecule has 1 aromatic carbocycles. The molecule has 0 unspecified atom stereocenters. The maximum Gasteiger partial charge on any atom is 0.225 e. The van der Waals surface area contributed by atoms with E-state index in [9.17, 15) is 4.79 Å². The normalized spacial score (nSPS) is 17.0. The molecule has 0 saturated carbocycles. The van der Waals surface area contributed by atoms with Crippen molar-refractivity contribution in [1.82, 2.24) is 19.9 Å². The van der Waals surface area contributed by atoms with Gasteiger partial charge in [0, 0.05) is 38.6 Å². The Bertz CT molecular complexity index is 937. The van der Waals surface area contributed by atoms with Gasteiger partial charge in [-0.15, -0.1) is 0 Å². The minimum atomic E-state index is -0.00882. The molecule has 1 N–H and O–H groups in total. The quantitative estimate of drug-likeness (QED) is 0.715. The van der Waals surface area contributed by atoms with E-state index in [1.807, 2.05) is 18.2 Å². The van der Waals surface area contributed by atoms with Crippen molar-refractivity contribution in [3.8, 4) is 0 Å². The summed E-state index contributed by atoms with van der Waals surface area (Å²) in [6.07, 6.45) is 6.48. The Kier molecular flexibility index (Phi) is 5.55. The standard InChI is InChI=1S/C22H27N5O/c1-2-13-27-20-8-4-3-7-19(20)25-22(27)26-14-5-6-18(16-26)21(28)24-15-17-9-11-23-12-10-17/h3-4,7-12,18H,2,5-6,13-16H2,1H3,(H,24,28)/t18-/m1/s1. The predicted octanol–water partition coefficient (Wildman–Crippen LogP) is 3.37. The first-order valence-corrected chi connectivity index (χ1v) is 10.1. The van der Waals surface area contributed by atoms with Crippen LogP contribution in [0, 0.1) is 5.92 Å². The van der Waals surface area contributed by atoms with Crippen molar-refractivity contribution in [2.24, 2.45) is 5.92 Å². The van der Waals surface area contributed by atoms with Crippen molar-refractivity contribution in [2.75, 3.05) is 18.0 Å². The van der Waals surface area contributed by atoms with Gasteiger partial charge < -0.3 is 14.8 Å². The molecule has 0 aliphatic carbocycles. The molecule has 1 fully saturated rings. The molecule has 0 spiro atoms. The van der Waals surface area contributed by atoms with Crippen LogP contribution in [0.15, 0.2) is 48.8 Å². The smallest absolute Gasteiger partial charge is 0.225 e. The molecule has 2 aromatic heterocycles. The summed E-state index contributed by atoms with van der Waals surface area (Å²) in [5.74, 6) is 1.11. The summed E-state index contributed by atoms with van der Waals surface area (Å²) < 4.78 is 2.30. The van der Waals surface area contributed by atoms with Gasteiger partial charge in [-0.2, -0.15) is 0 Å². The number of hydrogen-bond acceptors (Lipinski definition) is 4. The fraction of sp³-hybridized carbons (Fsp3) is 0.409. The molecule has 28 heavy (non-hydrogen) atoms. The number of piperidine rings is 1. The molecule has 1 atom stereocenters. The maximum atomic E-state index is 12.8. The van der Waals surface area contributed by atoms with E-state index in [1.165, 1.54) is 5.52 Å². The summed E-state index contributed by atoms with van der Waals surface area (Å²) in [6.45, 7) is 5.33. The van der Waals surface area contributed by atoms with Gasteiger partial charge in [0.05, 0.1) is 17.0 Å². The Morgan fingerprint density at radius 1 is 1.21 bits per heavy atom. The summed E-state index contributed by atoms with van der Waals surface area (Å²) >= 11 is 0. The van der Waals surface area contributed by atoms with Gasteiger partial charge in [-0.05, 0) is 49.1 Å². The van der Waals surface area contributed by atoms with Gasteiger partial charge in [0.25, 0.3) is 0 Å². The van der Waals surface area contributed by atoms with Crippen molar-refractivity contribution in [1.29, 1.82) is 0 Å². The molecule has 1 amide bonds. The van der Waals surface area contributed by atoms with Gasteiger partial charge in [0.15, 0.2) is 0 Å². The lowest BCUT2D eigenvalue weighted by Crippen LogP contribution is -2.43. The van der Waals surface area contributed by atoms with E-state index < -0.39 is 0 Å². The van der Waals surface area contributed by atoms with Crippen LogP contribution in [0.4, 0.5) is 5.95 Å². The number of fused-ring (bicyclic) bond motifs is 1. The van der Waals surface area contributed by atoms with Crippen LogP contribution in [-0.4, -0.2) is 33.5 Å². The van der Waals surface area contributed by atoms with Crippen LogP contribution in [0.3, 0.4) is 0 Å². The number of benzene rings is 1. The number of hydrogen-bond donors (Lipinski definition) is 1. The number of imidazole rings is 1. The van der Waals surface area contributed by atoms with Crippen molar-refractivity contribution in [2.45, 2.75) is 39.3 Å². The first kappa shape index (κ1) is 18.5. The second-order valence-corrected chi connectivity index (χ2v) is 7.41. The fourth-order valence-corrected chi connectivity index (χ4v) is 3.96. The Labute approximate surface area is 165 Å². The van der Waals surface area contributed by atoms with Gasteiger partial charge in [-0.3, -0.25) is 9.78 Å². The van der Waals surface area contributed by atoms with Gasteiger partial charge in [0.1, 0.15) is 0 Å². The van der Waals surface area contributed by atoms with Crippen LogP contribution in [-0.2, 0) is 17.9 Å². The number of anilines is 1. The lowest BCUT2D eigenvalue weighted by Gasteiger charge is -2.33. The summed E-state index contributed by atoms with van der Waals surface area (Å²) in [5.41, 5.74) is 3.26. The van der Waals surface area contributed by atoms with Gasteiger partial charge in [0.2, 0.25) is 11.9 Å². The summed E-state index contributed by atoms with van der Waals surface area (Å²) in [7, 11) is 0. The van der Waals surface area contributed by atoms with E-state index in [0.29, 0.717) is 6.54 Å². The van der Waals surface area contributed by atoms with E-state index in [1.54, 1.807) is 12.4 Å². The number of pyridine rings is 1. The van der Waals surface area contributed by atoms with Crippen LogP contribution in [0.1, 0.15) is 31.7 Å². The Morgan fingerprint density at radius 2 is 2.04 bits per heavy atom. The van der Waals surface area contributed by atoms with E-state index >= 15 is 0 Å². The highest BCUT2D eigenvalue weighted by molar-refractivity contribution is 5.81. The zero-order chi connectivity index (χ0) is 19.3. The lowest BCUT2D eigenvalue weighted by molar-refractivity contribution is -0.125.